The standard InChI is InChI=1S/C19H24O3/c1-14-9-11-16(12-10-14)18(20)17(19(21-2)22-3)13-15-7-5-4-6-8-15/h4-12,17-20H,13H2,1-3H3/t17-,18+/m1/s1. The van der Waals surface area contributed by atoms with Crippen LogP contribution in [0.25, 0.3) is 0 Å². The molecule has 118 valence electrons. The third-order valence-electron chi connectivity index (χ3n) is 3.95. The predicted octanol–water partition coefficient (Wildman–Crippen LogP) is 3.51. The Bertz CT molecular complexity index is 547. The first-order chi connectivity index (χ1) is 10.7. The number of methoxy groups -OCH3 is 2. The van der Waals surface area contributed by atoms with E-state index in [0.29, 0.717) is 6.42 Å². The van der Waals surface area contributed by atoms with Crippen molar-refractivity contribution in [1.82, 2.24) is 0 Å². The maximum absolute atomic E-state index is 10.8. The highest BCUT2D eigenvalue weighted by Gasteiger charge is 2.29. The monoisotopic (exact) mass is 300 g/mol. The Morgan fingerprint density at radius 3 is 2.05 bits per heavy atom. The fourth-order valence-corrected chi connectivity index (χ4v) is 2.70. The highest BCUT2D eigenvalue weighted by atomic mass is 16.7. The molecule has 0 spiro atoms. The lowest BCUT2D eigenvalue weighted by atomic mass is 9.89. The van der Waals surface area contributed by atoms with E-state index in [2.05, 4.69) is 12.1 Å². The summed E-state index contributed by atoms with van der Waals surface area (Å²) in [5.41, 5.74) is 3.20. The van der Waals surface area contributed by atoms with E-state index in [1.165, 1.54) is 5.56 Å². The van der Waals surface area contributed by atoms with Gasteiger partial charge < -0.3 is 14.6 Å². The van der Waals surface area contributed by atoms with E-state index in [-0.39, 0.29) is 5.92 Å². The maximum atomic E-state index is 10.8. The van der Waals surface area contributed by atoms with E-state index < -0.39 is 12.4 Å². The SMILES string of the molecule is COC(OC)[C@H](Cc1ccccc1)[C@@H](O)c1ccc(C)cc1. The minimum Gasteiger partial charge on any atom is -0.388 e. The van der Waals surface area contributed by atoms with E-state index in [1.54, 1.807) is 14.2 Å². The first-order valence-corrected chi connectivity index (χ1v) is 7.50. The number of aliphatic hydroxyl groups is 1. The normalized spacial score (nSPS) is 14.0. The van der Waals surface area contributed by atoms with Gasteiger partial charge in [-0.25, -0.2) is 0 Å². The van der Waals surface area contributed by atoms with Crippen molar-refractivity contribution in [3.05, 3.63) is 71.3 Å². The number of hydrogen-bond acceptors (Lipinski definition) is 3. The van der Waals surface area contributed by atoms with Gasteiger partial charge in [0.2, 0.25) is 0 Å². The molecule has 2 aromatic rings. The first kappa shape index (κ1) is 16.7. The van der Waals surface area contributed by atoms with Crippen LogP contribution in [0.3, 0.4) is 0 Å². The molecule has 0 radical (unpaired) electrons. The summed E-state index contributed by atoms with van der Waals surface area (Å²) >= 11 is 0. The molecule has 0 aliphatic rings. The van der Waals surface area contributed by atoms with Crippen molar-refractivity contribution in [2.75, 3.05) is 14.2 Å². The lowest BCUT2D eigenvalue weighted by Gasteiger charge is -2.29. The zero-order valence-corrected chi connectivity index (χ0v) is 13.4. The molecule has 0 saturated heterocycles. The van der Waals surface area contributed by atoms with Gasteiger partial charge in [-0.2, -0.15) is 0 Å². The van der Waals surface area contributed by atoms with Gasteiger partial charge in [0.25, 0.3) is 0 Å². The molecule has 0 aliphatic heterocycles. The second kappa shape index (κ2) is 8.08. The molecule has 2 aromatic carbocycles. The third-order valence-corrected chi connectivity index (χ3v) is 3.95. The molecule has 0 heterocycles. The molecule has 0 fully saturated rings. The Kier molecular flexibility index (Phi) is 6.13. The fraction of sp³-hybridized carbons (Fsp3) is 0.368. The molecule has 0 amide bonds. The molecular formula is C19H24O3. The van der Waals surface area contributed by atoms with Crippen LogP contribution in [0, 0.1) is 12.8 Å². The number of benzene rings is 2. The summed E-state index contributed by atoms with van der Waals surface area (Å²) in [6, 6.07) is 18.0. The van der Waals surface area contributed by atoms with Gasteiger partial charge in [-0.05, 0) is 24.5 Å². The van der Waals surface area contributed by atoms with E-state index in [1.807, 2.05) is 49.4 Å². The van der Waals surface area contributed by atoms with Gasteiger partial charge >= 0.3 is 0 Å². The Labute approximate surface area is 132 Å². The van der Waals surface area contributed by atoms with E-state index in [4.69, 9.17) is 9.47 Å². The number of aryl methyl sites for hydroxylation is 1. The molecule has 0 saturated carbocycles. The second-order valence-corrected chi connectivity index (χ2v) is 5.55. The predicted molar refractivity (Wildman–Crippen MR) is 87.6 cm³/mol. The Morgan fingerprint density at radius 2 is 1.50 bits per heavy atom. The molecular weight excluding hydrogens is 276 g/mol. The molecule has 22 heavy (non-hydrogen) atoms. The average molecular weight is 300 g/mol. The quantitative estimate of drug-likeness (QED) is 0.795. The van der Waals surface area contributed by atoms with Crippen LogP contribution in [0.2, 0.25) is 0 Å². The minimum absolute atomic E-state index is 0.180. The van der Waals surface area contributed by atoms with Gasteiger partial charge in [-0.15, -0.1) is 0 Å². The lowest BCUT2D eigenvalue weighted by molar-refractivity contribution is -0.161. The van der Waals surface area contributed by atoms with Gasteiger partial charge in [-0.3, -0.25) is 0 Å². The van der Waals surface area contributed by atoms with E-state index >= 15 is 0 Å². The van der Waals surface area contributed by atoms with E-state index in [9.17, 15) is 5.11 Å². The van der Waals surface area contributed by atoms with Crippen LogP contribution in [-0.4, -0.2) is 25.6 Å². The van der Waals surface area contributed by atoms with Crippen molar-refractivity contribution in [3.63, 3.8) is 0 Å². The maximum Gasteiger partial charge on any atom is 0.162 e. The zero-order valence-electron chi connectivity index (χ0n) is 13.4. The molecule has 1 N–H and O–H groups in total. The zero-order chi connectivity index (χ0) is 15.9. The second-order valence-electron chi connectivity index (χ2n) is 5.55. The highest BCUT2D eigenvalue weighted by Crippen LogP contribution is 2.30. The summed E-state index contributed by atoms with van der Waals surface area (Å²) in [6.45, 7) is 2.03. The van der Waals surface area contributed by atoms with Crippen molar-refractivity contribution in [2.24, 2.45) is 5.92 Å². The smallest absolute Gasteiger partial charge is 0.162 e. The molecule has 3 heteroatoms. The van der Waals surface area contributed by atoms with Crippen molar-refractivity contribution < 1.29 is 14.6 Å². The van der Waals surface area contributed by atoms with Crippen molar-refractivity contribution >= 4 is 0 Å². The fourth-order valence-electron chi connectivity index (χ4n) is 2.70. The molecule has 2 rings (SSSR count). The van der Waals surface area contributed by atoms with Crippen molar-refractivity contribution in [1.29, 1.82) is 0 Å². The summed E-state index contributed by atoms with van der Waals surface area (Å²) in [4.78, 5) is 0. The summed E-state index contributed by atoms with van der Waals surface area (Å²) in [5, 5.41) is 10.8. The van der Waals surface area contributed by atoms with Crippen molar-refractivity contribution in [2.45, 2.75) is 25.7 Å². The lowest BCUT2D eigenvalue weighted by Crippen LogP contribution is -2.32. The van der Waals surface area contributed by atoms with Crippen LogP contribution >= 0.6 is 0 Å². The summed E-state index contributed by atoms with van der Waals surface area (Å²) in [5.74, 6) is -0.180. The molecule has 0 unspecified atom stereocenters. The molecule has 0 aliphatic carbocycles. The third kappa shape index (κ3) is 4.17. The number of hydrogen-bond donors (Lipinski definition) is 1. The Hall–Kier alpha value is -1.68. The number of rotatable bonds is 7. The molecule has 2 atom stereocenters. The van der Waals surface area contributed by atoms with Gasteiger partial charge in [0, 0.05) is 20.1 Å². The average Bonchev–Trinajstić information content (AvgIpc) is 2.56. The van der Waals surface area contributed by atoms with Crippen LogP contribution < -0.4 is 0 Å². The van der Waals surface area contributed by atoms with Crippen LogP contribution in [-0.2, 0) is 15.9 Å². The molecule has 0 aromatic heterocycles. The van der Waals surface area contributed by atoms with Crippen LogP contribution in [0.15, 0.2) is 54.6 Å². The first-order valence-electron chi connectivity index (χ1n) is 7.50. The van der Waals surface area contributed by atoms with Gasteiger partial charge in [0.15, 0.2) is 6.29 Å². The van der Waals surface area contributed by atoms with Crippen molar-refractivity contribution in [3.8, 4) is 0 Å². The van der Waals surface area contributed by atoms with Gasteiger partial charge in [0.05, 0.1) is 6.10 Å². The summed E-state index contributed by atoms with van der Waals surface area (Å²) in [6.07, 6.45) is -0.426. The van der Waals surface area contributed by atoms with E-state index in [0.717, 1.165) is 11.1 Å². The van der Waals surface area contributed by atoms with Gasteiger partial charge in [-0.1, -0.05) is 60.2 Å². The Morgan fingerprint density at radius 1 is 0.909 bits per heavy atom. The highest BCUT2D eigenvalue weighted by molar-refractivity contribution is 5.24. The van der Waals surface area contributed by atoms with Crippen LogP contribution in [0.1, 0.15) is 22.8 Å². The molecule has 0 bridgehead atoms. The number of aliphatic hydroxyl groups excluding tert-OH is 1. The topological polar surface area (TPSA) is 38.7 Å². The Balaban J connectivity index is 2.24. The minimum atomic E-state index is -0.647. The van der Waals surface area contributed by atoms with Crippen LogP contribution in [0.5, 0.6) is 0 Å². The largest absolute Gasteiger partial charge is 0.388 e. The van der Waals surface area contributed by atoms with Crippen LogP contribution in [0.4, 0.5) is 0 Å². The molecule has 3 nitrogen and oxygen atoms in total. The number of ether oxygens (including phenoxy) is 2. The summed E-state index contributed by atoms with van der Waals surface area (Å²) in [7, 11) is 3.21. The van der Waals surface area contributed by atoms with Gasteiger partial charge in [0.1, 0.15) is 0 Å². The summed E-state index contributed by atoms with van der Waals surface area (Å²) < 4.78 is 10.8.